The summed E-state index contributed by atoms with van der Waals surface area (Å²) < 4.78 is 5.34. The van der Waals surface area contributed by atoms with Gasteiger partial charge in [-0.3, -0.25) is 4.79 Å². The second-order valence-electron chi connectivity index (χ2n) is 6.11. The fraction of sp³-hybridized carbons (Fsp3) is 0.238. The van der Waals surface area contributed by atoms with Crippen molar-refractivity contribution in [2.24, 2.45) is 5.92 Å². The van der Waals surface area contributed by atoms with Crippen LogP contribution in [0.2, 0.25) is 0 Å². The lowest BCUT2D eigenvalue weighted by atomic mass is 9.99. The van der Waals surface area contributed by atoms with E-state index in [0.29, 0.717) is 13.0 Å². The molecular formula is C21H21N3O2. The van der Waals surface area contributed by atoms with Gasteiger partial charge in [0.25, 0.3) is 0 Å². The molecule has 5 heteroatoms. The normalized spacial score (nSPS) is 11.7. The second-order valence-corrected chi connectivity index (χ2v) is 6.11. The third-order valence-electron chi connectivity index (χ3n) is 4.43. The smallest absolute Gasteiger partial charge is 0.237 e. The van der Waals surface area contributed by atoms with Gasteiger partial charge in [0.05, 0.1) is 18.7 Å². The molecule has 0 aliphatic carbocycles. The molecule has 0 saturated heterocycles. The number of ether oxygens (including phenoxy) is 1. The summed E-state index contributed by atoms with van der Waals surface area (Å²) in [6.07, 6.45) is 2.95. The van der Waals surface area contributed by atoms with E-state index < -0.39 is 5.92 Å². The number of nitriles is 1. The molecule has 0 radical (unpaired) electrons. The summed E-state index contributed by atoms with van der Waals surface area (Å²) in [5, 5.41) is 13.3. The maximum atomic E-state index is 12.4. The summed E-state index contributed by atoms with van der Waals surface area (Å²) in [4.78, 5) is 15.6. The topological polar surface area (TPSA) is 77.9 Å². The van der Waals surface area contributed by atoms with E-state index in [0.717, 1.165) is 34.2 Å². The predicted octanol–water partition coefficient (Wildman–Crippen LogP) is 3.22. The van der Waals surface area contributed by atoms with Crippen LogP contribution in [0.25, 0.3) is 10.9 Å². The first-order chi connectivity index (χ1) is 12.7. The van der Waals surface area contributed by atoms with Gasteiger partial charge in [-0.05, 0) is 30.0 Å². The quantitative estimate of drug-likeness (QED) is 0.689. The van der Waals surface area contributed by atoms with E-state index in [1.807, 2.05) is 54.7 Å². The zero-order valence-corrected chi connectivity index (χ0v) is 14.7. The van der Waals surface area contributed by atoms with Gasteiger partial charge in [0, 0.05) is 18.1 Å². The number of benzene rings is 2. The highest BCUT2D eigenvalue weighted by Crippen LogP contribution is 2.28. The SMILES string of the molecule is COc1cccc2c(C[C@H](C#N)C(=O)NCCc3ccccc3)c[nH]c12. The summed E-state index contributed by atoms with van der Waals surface area (Å²) in [5.41, 5.74) is 2.97. The Kier molecular flexibility index (Phi) is 5.55. The number of para-hydroxylation sites is 1. The lowest BCUT2D eigenvalue weighted by molar-refractivity contribution is -0.123. The molecule has 3 aromatic rings. The number of carbonyl (C=O) groups excluding carboxylic acids is 1. The molecule has 0 unspecified atom stereocenters. The predicted molar refractivity (Wildman–Crippen MR) is 101 cm³/mol. The van der Waals surface area contributed by atoms with Crippen LogP contribution in [0, 0.1) is 17.2 Å². The molecule has 1 amide bonds. The van der Waals surface area contributed by atoms with Crippen molar-refractivity contribution in [1.82, 2.24) is 10.3 Å². The zero-order chi connectivity index (χ0) is 18.4. The number of carbonyl (C=O) groups is 1. The van der Waals surface area contributed by atoms with Crippen LogP contribution >= 0.6 is 0 Å². The summed E-state index contributed by atoms with van der Waals surface area (Å²) in [6.45, 7) is 0.517. The van der Waals surface area contributed by atoms with Crippen molar-refractivity contribution >= 4 is 16.8 Å². The van der Waals surface area contributed by atoms with Crippen molar-refractivity contribution in [3.63, 3.8) is 0 Å². The molecule has 2 N–H and O–H groups in total. The van der Waals surface area contributed by atoms with Gasteiger partial charge in [-0.2, -0.15) is 5.26 Å². The average molecular weight is 347 g/mol. The Labute approximate surface area is 152 Å². The highest BCUT2D eigenvalue weighted by Gasteiger charge is 2.20. The molecule has 0 aliphatic heterocycles. The molecule has 2 aromatic carbocycles. The Bertz CT molecular complexity index is 925. The molecule has 0 bridgehead atoms. The number of hydrogen-bond acceptors (Lipinski definition) is 3. The van der Waals surface area contributed by atoms with E-state index >= 15 is 0 Å². The summed E-state index contributed by atoms with van der Waals surface area (Å²) >= 11 is 0. The minimum absolute atomic E-state index is 0.235. The molecule has 5 nitrogen and oxygen atoms in total. The number of aromatic amines is 1. The number of H-pyrrole nitrogens is 1. The summed E-state index contributed by atoms with van der Waals surface area (Å²) in [7, 11) is 1.62. The fourth-order valence-electron chi connectivity index (χ4n) is 3.04. The van der Waals surface area contributed by atoms with Gasteiger partial charge in [-0.1, -0.05) is 42.5 Å². The van der Waals surface area contributed by atoms with Crippen LogP contribution < -0.4 is 10.1 Å². The summed E-state index contributed by atoms with van der Waals surface area (Å²) in [6, 6.07) is 17.8. The van der Waals surface area contributed by atoms with E-state index in [2.05, 4.69) is 16.4 Å². The zero-order valence-electron chi connectivity index (χ0n) is 14.7. The number of rotatable bonds is 7. The minimum Gasteiger partial charge on any atom is -0.495 e. The van der Waals surface area contributed by atoms with Crippen molar-refractivity contribution < 1.29 is 9.53 Å². The lowest BCUT2D eigenvalue weighted by Crippen LogP contribution is -2.32. The van der Waals surface area contributed by atoms with Crippen LogP contribution in [0.3, 0.4) is 0 Å². The largest absolute Gasteiger partial charge is 0.495 e. The van der Waals surface area contributed by atoms with Crippen molar-refractivity contribution in [2.45, 2.75) is 12.8 Å². The highest BCUT2D eigenvalue weighted by atomic mass is 16.5. The molecule has 0 spiro atoms. The average Bonchev–Trinajstić information content (AvgIpc) is 3.09. The third-order valence-corrected chi connectivity index (χ3v) is 4.43. The Hall–Kier alpha value is -3.26. The Balaban J connectivity index is 1.64. The number of aromatic nitrogens is 1. The molecule has 1 aromatic heterocycles. The van der Waals surface area contributed by atoms with E-state index in [-0.39, 0.29) is 5.91 Å². The fourth-order valence-corrected chi connectivity index (χ4v) is 3.04. The Morgan fingerprint density at radius 2 is 2.04 bits per heavy atom. The number of nitrogens with one attached hydrogen (secondary N) is 2. The first kappa shape index (κ1) is 17.6. The van der Waals surface area contributed by atoms with E-state index in [9.17, 15) is 10.1 Å². The van der Waals surface area contributed by atoms with Crippen LogP contribution in [0.4, 0.5) is 0 Å². The highest BCUT2D eigenvalue weighted by molar-refractivity contribution is 5.89. The number of amides is 1. The minimum atomic E-state index is -0.726. The number of hydrogen-bond donors (Lipinski definition) is 2. The van der Waals surface area contributed by atoms with Gasteiger partial charge >= 0.3 is 0 Å². The molecule has 0 aliphatic rings. The van der Waals surface area contributed by atoms with Gasteiger partial charge in [-0.25, -0.2) is 0 Å². The van der Waals surface area contributed by atoms with E-state index in [1.54, 1.807) is 7.11 Å². The van der Waals surface area contributed by atoms with Crippen LogP contribution in [-0.2, 0) is 17.6 Å². The van der Waals surface area contributed by atoms with Crippen molar-refractivity contribution in [3.05, 3.63) is 65.9 Å². The van der Waals surface area contributed by atoms with Gasteiger partial charge in [0.15, 0.2) is 0 Å². The van der Waals surface area contributed by atoms with Crippen LogP contribution in [0.15, 0.2) is 54.7 Å². The molecular weight excluding hydrogens is 326 g/mol. The number of nitrogens with zero attached hydrogens (tertiary/aromatic N) is 1. The van der Waals surface area contributed by atoms with Crippen LogP contribution in [0.5, 0.6) is 5.75 Å². The first-order valence-electron chi connectivity index (χ1n) is 8.57. The summed E-state index contributed by atoms with van der Waals surface area (Å²) in [5.74, 6) is -0.216. The van der Waals surface area contributed by atoms with Crippen LogP contribution in [0.1, 0.15) is 11.1 Å². The van der Waals surface area contributed by atoms with Gasteiger partial charge in [-0.15, -0.1) is 0 Å². The molecule has 1 heterocycles. The van der Waals surface area contributed by atoms with Crippen LogP contribution in [-0.4, -0.2) is 24.5 Å². The molecule has 1 atom stereocenters. The molecule has 0 saturated carbocycles. The lowest BCUT2D eigenvalue weighted by Gasteiger charge is -2.10. The molecule has 132 valence electrons. The third kappa shape index (κ3) is 3.86. The van der Waals surface area contributed by atoms with Crippen molar-refractivity contribution in [1.29, 1.82) is 5.26 Å². The molecule has 3 rings (SSSR count). The maximum absolute atomic E-state index is 12.4. The van der Waals surface area contributed by atoms with Crippen molar-refractivity contribution in [2.75, 3.05) is 13.7 Å². The Morgan fingerprint density at radius 3 is 2.77 bits per heavy atom. The first-order valence-corrected chi connectivity index (χ1v) is 8.57. The molecule has 26 heavy (non-hydrogen) atoms. The second kappa shape index (κ2) is 8.21. The van der Waals surface area contributed by atoms with Crippen molar-refractivity contribution in [3.8, 4) is 11.8 Å². The monoisotopic (exact) mass is 347 g/mol. The van der Waals surface area contributed by atoms with Gasteiger partial charge in [0.1, 0.15) is 11.7 Å². The van der Waals surface area contributed by atoms with Gasteiger partial charge < -0.3 is 15.0 Å². The van der Waals surface area contributed by atoms with E-state index in [1.165, 1.54) is 0 Å². The number of methoxy groups -OCH3 is 1. The Morgan fingerprint density at radius 1 is 1.23 bits per heavy atom. The molecule has 0 fully saturated rings. The standard InChI is InChI=1S/C21H21N3O2/c1-26-19-9-5-8-18-17(14-24-20(18)19)12-16(13-22)21(25)23-11-10-15-6-3-2-4-7-15/h2-9,14,16,24H,10-12H2,1H3,(H,23,25)/t16-/m1/s1. The van der Waals surface area contributed by atoms with Gasteiger partial charge in [0.2, 0.25) is 5.91 Å². The number of fused-ring (bicyclic) bond motifs is 1. The maximum Gasteiger partial charge on any atom is 0.237 e. The van der Waals surface area contributed by atoms with E-state index in [4.69, 9.17) is 4.74 Å².